The lowest BCUT2D eigenvalue weighted by atomic mass is 9.90. The van der Waals surface area contributed by atoms with Crippen molar-refractivity contribution in [3.8, 4) is 5.75 Å². The Morgan fingerprint density at radius 1 is 0.833 bits per heavy atom. The van der Waals surface area contributed by atoms with Gasteiger partial charge in [-0.3, -0.25) is 24.5 Å². The highest BCUT2D eigenvalue weighted by Gasteiger charge is 2.60. The van der Waals surface area contributed by atoms with E-state index in [2.05, 4.69) is 0 Å². The van der Waals surface area contributed by atoms with Crippen LogP contribution in [0, 0.1) is 16.0 Å². The molecule has 0 aromatic heterocycles. The highest BCUT2D eigenvalue weighted by atomic mass is 35.5. The summed E-state index contributed by atoms with van der Waals surface area (Å²) in [5, 5.41) is 13.0. The number of amides is 2. The van der Waals surface area contributed by atoms with Crippen molar-refractivity contribution in [2.24, 2.45) is 5.92 Å². The number of esters is 1. The standard InChI is InChI=1S/C30H19Cl2N3O7/c31-23-15-12-21(16-24(23)32)33-28(36)25-26(17-6-13-22(14-7-17)41-30(38)18-4-2-1-3-5-18)34(42-27(25)29(33)37)19-8-10-20(11-9-19)35(39)40/h1-16,25-27H/t25-,26+,27+/m0/s1. The van der Waals surface area contributed by atoms with E-state index in [1.54, 1.807) is 54.6 Å². The average Bonchev–Trinajstić information content (AvgIpc) is 3.51. The molecule has 210 valence electrons. The van der Waals surface area contributed by atoms with Crippen LogP contribution in [0.2, 0.25) is 10.0 Å². The average molecular weight is 604 g/mol. The number of carbonyl (C=O) groups excluding carboxylic acids is 3. The molecule has 3 atom stereocenters. The zero-order valence-corrected chi connectivity index (χ0v) is 22.9. The molecule has 2 saturated heterocycles. The van der Waals surface area contributed by atoms with Crippen molar-refractivity contribution < 1.29 is 28.9 Å². The number of imide groups is 1. The predicted octanol–water partition coefficient (Wildman–Crippen LogP) is 6.17. The fraction of sp³-hybridized carbons (Fsp3) is 0.100. The Balaban J connectivity index is 1.35. The van der Waals surface area contributed by atoms with Crippen LogP contribution in [0.3, 0.4) is 0 Å². The van der Waals surface area contributed by atoms with Gasteiger partial charge in [-0.2, -0.15) is 0 Å². The lowest BCUT2D eigenvalue weighted by Gasteiger charge is -2.28. The van der Waals surface area contributed by atoms with Gasteiger partial charge in [0.2, 0.25) is 5.91 Å². The quantitative estimate of drug-likeness (QED) is 0.0843. The van der Waals surface area contributed by atoms with Gasteiger partial charge >= 0.3 is 5.97 Å². The van der Waals surface area contributed by atoms with E-state index in [0.717, 1.165) is 4.90 Å². The molecule has 12 heteroatoms. The second-order valence-electron chi connectivity index (χ2n) is 9.53. The maximum atomic E-state index is 13.8. The van der Waals surface area contributed by atoms with E-state index >= 15 is 0 Å². The molecular formula is C30H19Cl2N3O7. The Morgan fingerprint density at radius 2 is 1.50 bits per heavy atom. The number of ether oxygens (including phenoxy) is 1. The molecule has 4 aromatic carbocycles. The van der Waals surface area contributed by atoms with Crippen LogP contribution in [-0.2, 0) is 14.4 Å². The Hall–Kier alpha value is -4.77. The second-order valence-corrected chi connectivity index (χ2v) is 10.3. The minimum Gasteiger partial charge on any atom is -0.423 e. The zero-order chi connectivity index (χ0) is 29.5. The Morgan fingerprint density at radius 3 is 2.14 bits per heavy atom. The highest BCUT2D eigenvalue weighted by molar-refractivity contribution is 6.42. The number of hydroxylamine groups is 1. The van der Waals surface area contributed by atoms with Crippen molar-refractivity contribution in [3.63, 3.8) is 0 Å². The molecule has 0 N–H and O–H groups in total. The number of hydrogen-bond acceptors (Lipinski definition) is 8. The molecule has 2 amide bonds. The maximum absolute atomic E-state index is 13.8. The van der Waals surface area contributed by atoms with Crippen molar-refractivity contribution in [1.29, 1.82) is 0 Å². The number of carbonyl (C=O) groups is 3. The lowest BCUT2D eigenvalue weighted by molar-refractivity contribution is -0.384. The molecule has 6 rings (SSSR count). The molecule has 0 radical (unpaired) electrons. The van der Waals surface area contributed by atoms with Crippen molar-refractivity contribution in [2.75, 3.05) is 9.96 Å². The van der Waals surface area contributed by atoms with Gasteiger partial charge in [0.25, 0.3) is 11.6 Å². The molecule has 4 aromatic rings. The summed E-state index contributed by atoms with van der Waals surface area (Å²) in [5.74, 6) is -2.34. The van der Waals surface area contributed by atoms with E-state index in [-0.39, 0.29) is 27.2 Å². The molecule has 0 aliphatic carbocycles. The lowest BCUT2D eigenvalue weighted by Crippen LogP contribution is -2.37. The van der Waals surface area contributed by atoms with Crippen LogP contribution >= 0.6 is 23.2 Å². The number of anilines is 2. The minimum atomic E-state index is -1.18. The summed E-state index contributed by atoms with van der Waals surface area (Å²) in [6.07, 6.45) is -1.18. The van der Waals surface area contributed by atoms with E-state index in [4.69, 9.17) is 32.8 Å². The van der Waals surface area contributed by atoms with Crippen LogP contribution in [0.5, 0.6) is 5.75 Å². The number of halogens is 2. The Kier molecular flexibility index (Phi) is 7.11. The number of non-ortho nitro benzene ring substituents is 1. The Labute approximate surface area is 248 Å². The molecule has 2 heterocycles. The van der Waals surface area contributed by atoms with Crippen LogP contribution in [-0.4, -0.2) is 28.8 Å². The van der Waals surface area contributed by atoms with Crippen LogP contribution in [0.25, 0.3) is 0 Å². The van der Waals surface area contributed by atoms with Crippen LogP contribution in [0.4, 0.5) is 17.1 Å². The van der Waals surface area contributed by atoms with Gasteiger partial charge in [0.05, 0.1) is 37.9 Å². The predicted molar refractivity (Wildman–Crippen MR) is 153 cm³/mol. The second kappa shape index (κ2) is 10.9. The summed E-state index contributed by atoms with van der Waals surface area (Å²) in [4.78, 5) is 57.6. The molecule has 0 spiro atoms. The number of hydrogen-bond donors (Lipinski definition) is 0. The molecule has 0 saturated carbocycles. The number of benzene rings is 4. The van der Waals surface area contributed by atoms with Gasteiger partial charge in [0, 0.05) is 12.1 Å². The number of nitro benzene ring substituents is 1. The third-order valence-electron chi connectivity index (χ3n) is 7.03. The largest absolute Gasteiger partial charge is 0.423 e. The molecule has 2 fully saturated rings. The highest BCUT2D eigenvalue weighted by Crippen LogP contribution is 2.48. The zero-order valence-electron chi connectivity index (χ0n) is 21.4. The first-order valence-corrected chi connectivity index (χ1v) is 13.4. The SMILES string of the molecule is O=C(Oc1ccc([C@@H]2[C@@H]3C(=O)N(c4ccc(Cl)c(Cl)c4)C(=O)[C@@H]3ON2c2ccc([N+](=O)[O-])cc2)cc1)c1ccccc1. The summed E-state index contributed by atoms with van der Waals surface area (Å²) in [6.45, 7) is 0. The molecule has 10 nitrogen and oxygen atoms in total. The number of rotatable bonds is 6. The van der Waals surface area contributed by atoms with Crippen LogP contribution in [0.15, 0.2) is 97.1 Å². The topological polar surface area (TPSA) is 119 Å². The smallest absolute Gasteiger partial charge is 0.343 e. The first-order valence-electron chi connectivity index (χ1n) is 12.6. The van der Waals surface area contributed by atoms with Gasteiger partial charge in [-0.1, -0.05) is 53.5 Å². The van der Waals surface area contributed by atoms with E-state index in [9.17, 15) is 24.5 Å². The summed E-state index contributed by atoms with van der Waals surface area (Å²) in [6, 6.07) is 24.2. The van der Waals surface area contributed by atoms with Gasteiger partial charge < -0.3 is 4.74 Å². The summed E-state index contributed by atoms with van der Waals surface area (Å²) < 4.78 is 5.49. The fourth-order valence-corrected chi connectivity index (χ4v) is 5.34. The van der Waals surface area contributed by atoms with Crippen molar-refractivity contribution in [3.05, 3.63) is 128 Å². The summed E-state index contributed by atoms with van der Waals surface area (Å²) in [5.41, 5.74) is 1.49. The number of fused-ring (bicyclic) bond motifs is 1. The summed E-state index contributed by atoms with van der Waals surface area (Å²) in [7, 11) is 0. The minimum absolute atomic E-state index is 0.128. The van der Waals surface area contributed by atoms with Crippen molar-refractivity contribution in [2.45, 2.75) is 12.1 Å². The third kappa shape index (κ3) is 4.85. The van der Waals surface area contributed by atoms with Gasteiger partial charge in [-0.25, -0.2) is 14.8 Å². The molecule has 0 bridgehead atoms. The molecule has 42 heavy (non-hydrogen) atoms. The molecule has 2 aliphatic rings. The first kappa shape index (κ1) is 27.4. The van der Waals surface area contributed by atoms with Gasteiger partial charge in [-0.15, -0.1) is 0 Å². The third-order valence-corrected chi connectivity index (χ3v) is 7.77. The van der Waals surface area contributed by atoms with Gasteiger partial charge in [-0.05, 0) is 60.2 Å². The molecule has 0 unspecified atom stereocenters. The Bertz CT molecular complexity index is 1720. The number of nitro groups is 1. The van der Waals surface area contributed by atoms with E-state index in [1.165, 1.54) is 47.5 Å². The fourth-order valence-electron chi connectivity index (χ4n) is 5.05. The van der Waals surface area contributed by atoms with Crippen molar-refractivity contribution in [1.82, 2.24) is 0 Å². The molecule has 2 aliphatic heterocycles. The van der Waals surface area contributed by atoms with E-state index in [0.29, 0.717) is 16.8 Å². The van der Waals surface area contributed by atoms with E-state index in [1.807, 2.05) is 0 Å². The monoisotopic (exact) mass is 603 g/mol. The maximum Gasteiger partial charge on any atom is 0.343 e. The van der Waals surface area contributed by atoms with Crippen LogP contribution < -0.4 is 14.7 Å². The first-order chi connectivity index (χ1) is 20.2. The number of nitrogens with zero attached hydrogens (tertiary/aromatic N) is 3. The molecular weight excluding hydrogens is 585 g/mol. The van der Waals surface area contributed by atoms with Gasteiger partial charge in [0.15, 0.2) is 6.10 Å². The van der Waals surface area contributed by atoms with E-state index < -0.39 is 40.8 Å². The van der Waals surface area contributed by atoms with Gasteiger partial charge in [0.1, 0.15) is 11.7 Å². The van der Waals surface area contributed by atoms with Crippen molar-refractivity contribution >= 4 is 58.0 Å². The summed E-state index contributed by atoms with van der Waals surface area (Å²) >= 11 is 12.2. The normalized spacial score (nSPS) is 19.6. The van der Waals surface area contributed by atoms with Crippen LogP contribution in [0.1, 0.15) is 22.0 Å².